The highest BCUT2D eigenvalue weighted by atomic mass is 16.6. The Morgan fingerprint density at radius 2 is 1.80 bits per heavy atom. The van der Waals surface area contributed by atoms with Gasteiger partial charge < -0.3 is 0 Å². The predicted molar refractivity (Wildman–Crippen MR) is 78.8 cm³/mol. The number of nitro groups is 1. The van der Waals surface area contributed by atoms with Crippen molar-refractivity contribution in [2.45, 2.75) is 18.8 Å². The van der Waals surface area contributed by atoms with Gasteiger partial charge in [0.25, 0.3) is 5.69 Å². The van der Waals surface area contributed by atoms with E-state index in [0.29, 0.717) is 5.92 Å². The molecule has 0 amide bonds. The number of hydrogen-bond donors (Lipinski definition) is 0. The van der Waals surface area contributed by atoms with Crippen LogP contribution in [0.2, 0.25) is 0 Å². The lowest BCUT2D eigenvalue weighted by Crippen LogP contribution is -1.88. The van der Waals surface area contributed by atoms with E-state index in [0.717, 1.165) is 11.3 Å². The first-order chi connectivity index (χ1) is 9.74. The summed E-state index contributed by atoms with van der Waals surface area (Å²) in [5.74, 6) is 0.653. The summed E-state index contributed by atoms with van der Waals surface area (Å²) in [7, 11) is 0. The molecule has 0 heterocycles. The third kappa shape index (κ3) is 2.74. The Hall–Kier alpha value is -2.49. The number of hydrogen-bond acceptors (Lipinski definition) is 3. The predicted octanol–water partition coefficient (Wildman–Crippen LogP) is 4.22. The van der Waals surface area contributed by atoms with Gasteiger partial charge >= 0.3 is 0 Å². The van der Waals surface area contributed by atoms with Gasteiger partial charge in [0, 0.05) is 18.3 Å². The third-order valence-corrected chi connectivity index (χ3v) is 3.41. The number of non-ortho nitro benzene ring substituents is 1. The maximum absolute atomic E-state index is 10.6. The summed E-state index contributed by atoms with van der Waals surface area (Å²) in [5, 5.41) is 10.6. The number of aliphatic imine (C=N–C) groups is 1. The van der Waals surface area contributed by atoms with Crippen LogP contribution in [0.4, 0.5) is 11.4 Å². The lowest BCUT2D eigenvalue weighted by atomic mass is 10.1. The lowest BCUT2D eigenvalue weighted by molar-refractivity contribution is -0.384. The molecular formula is C16H14N2O2. The summed E-state index contributed by atoms with van der Waals surface area (Å²) in [6.07, 6.45) is 4.24. The molecule has 0 spiro atoms. The van der Waals surface area contributed by atoms with Gasteiger partial charge in [-0.15, -0.1) is 0 Å². The summed E-state index contributed by atoms with van der Waals surface area (Å²) >= 11 is 0. The summed E-state index contributed by atoms with van der Waals surface area (Å²) in [6.45, 7) is 0. The van der Waals surface area contributed by atoms with Crippen molar-refractivity contribution in [2.24, 2.45) is 4.99 Å². The Bertz CT molecular complexity index is 658. The van der Waals surface area contributed by atoms with E-state index in [9.17, 15) is 10.1 Å². The van der Waals surface area contributed by atoms with E-state index in [-0.39, 0.29) is 5.69 Å². The molecule has 0 radical (unpaired) electrons. The summed E-state index contributed by atoms with van der Waals surface area (Å²) < 4.78 is 0. The second kappa shape index (κ2) is 5.25. The maximum Gasteiger partial charge on any atom is 0.269 e. The van der Waals surface area contributed by atoms with Crippen molar-refractivity contribution in [2.75, 3.05) is 0 Å². The fourth-order valence-electron chi connectivity index (χ4n) is 2.17. The van der Waals surface area contributed by atoms with E-state index in [2.05, 4.69) is 11.1 Å². The van der Waals surface area contributed by atoms with Crippen molar-refractivity contribution in [3.63, 3.8) is 0 Å². The van der Waals surface area contributed by atoms with Crippen molar-refractivity contribution >= 4 is 17.6 Å². The first-order valence-electron chi connectivity index (χ1n) is 6.61. The van der Waals surface area contributed by atoms with Crippen LogP contribution in [0, 0.1) is 10.1 Å². The zero-order valence-corrected chi connectivity index (χ0v) is 10.9. The van der Waals surface area contributed by atoms with Crippen LogP contribution in [0.5, 0.6) is 0 Å². The molecule has 100 valence electrons. The van der Waals surface area contributed by atoms with Crippen LogP contribution in [0.3, 0.4) is 0 Å². The van der Waals surface area contributed by atoms with Gasteiger partial charge in [-0.25, -0.2) is 0 Å². The molecule has 1 saturated carbocycles. The Labute approximate surface area is 116 Å². The molecule has 0 aliphatic heterocycles. The maximum atomic E-state index is 10.6. The van der Waals surface area contributed by atoms with Crippen LogP contribution in [0.15, 0.2) is 53.5 Å². The van der Waals surface area contributed by atoms with E-state index >= 15 is 0 Å². The van der Waals surface area contributed by atoms with E-state index in [1.807, 2.05) is 18.2 Å². The number of rotatable bonds is 4. The average molecular weight is 266 g/mol. The topological polar surface area (TPSA) is 55.5 Å². The molecule has 2 aromatic rings. The summed E-state index contributed by atoms with van der Waals surface area (Å²) in [6, 6.07) is 14.6. The molecule has 20 heavy (non-hydrogen) atoms. The minimum Gasteiger partial charge on any atom is -0.258 e. The molecule has 0 saturated heterocycles. The highest BCUT2D eigenvalue weighted by Gasteiger charge is 2.25. The van der Waals surface area contributed by atoms with Gasteiger partial charge in [-0.2, -0.15) is 0 Å². The van der Waals surface area contributed by atoms with E-state index in [1.54, 1.807) is 18.3 Å². The number of para-hydroxylation sites is 1. The van der Waals surface area contributed by atoms with Gasteiger partial charge in [0.2, 0.25) is 0 Å². The summed E-state index contributed by atoms with van der Waals surface area (Å²) in [5.41, 5.74) is 3.25. The van der Waals surface area contributed by atoms with Gasteiger partial charge in [-0.05, 0) is 48.1 Å². The van der Waals surface area contributed by atoms with E-state index in [4.69, 9.17) is 0 Å². The molecule has 1 fully saturated rings. The second-order valence-electron chi connectivity index (χ2n) is 4.94. The van der Waals surface area contributed by atoms with Gasteiger partial charge in [-0.1, -0.05) is 18.2 Å². The Morgan fingerprint density at radius 3 is 2.45 bits per heavy atom. The molecule has 0 unspecified atom stereocenters. The highest BCUT2D eigenvalue weighted by molar-refractivity contribution is 5.82. The standard InChI is InChI=1S/C16H14N2O2/c19-18(20)14-9-5-12(6-10-14)11-17-16-4-2-1-3-15(16)13-7-8-13/h1-6,9-11,13H,7-8H2. The van der Waals surface area contributed by atoms with Gasteiger partial charge in [0.1, 0.15) is 0 Å². The Morgan fingerprint density at radius 1 is 1.10 bits per heavy atom. The summed E-state index contributed by atoms with van der Waals surface area (Å²) in [4.78, 5) is 14.7. The average Bonchev–Trinajstić information content (AvgIpc) is 3.30. The van der Waals surface area contributed by atoms with Crippen LogP contribution >= 0.6 is 0 Å². The second-order valence-corrected chi connectivity index (χ2v) is 4.94. The zero-order valence-electron chi connectivity index (χ0n) is 10.9. The van der Waals surface area contributed by atoms with Crippen LogP contribution in [-0.4, -0.2) is 11.1 Å². The van der Waals surface area contributed by atoms with Crippen molar-refractivity contribution in [1.82, 2.24) is 0 Å². The first kappa shape index (κ1) is 12.5. The van der Waals surface area contributed by atoms with Crippen LogP contribution < -0.4 is 0 Å². The molecule has 4 nitrogen and oxygen atoms in total. The van der Waals surface area contributed by atoms with E-state index < -0.39 is 4.92 Å². The van der Waals surface area contributed by atoms with Crippen molar-refractivity contribution in [3.8, 4) is 0 Å². The molecule has 2 aromatic carbocycles. The minimum atomic E-state index is -0.399. The van der Waals surface area contributed by atoms with Crippen LogP contribution in [0.25, 0.3) is 0 Å². The third-order valence-electron chi connectivity index (χ3n) is 3.41. The SMILES string of the molecule is O=[N+]([O-])c1ccc(C=Nc2ccccc2C2CC2)cc1. The fourth-order valence-corrected chi connectivity index (χ4v) is 2.17. The number of nitro benzene ring substituents is 1. The lowest BCUT2D eigenvalue weighted by Gasteiger charge is -2.02. The molecule has 0 atom stereocenters. The fraction of sp³-hybridized carbons (Fsp3) is 0.188. The Kier molecular flexibility index (Phi) is 3.29. The Balaban J connectivity index is 1.81. The van der Waals surface area contributed by atoms with Crippen molar-refractivity contribution < 1.29 is 4.92 Å². The monoisotopic (exact) mass is 266 g/mol. The van der Waals surface area contributed by atoms with Crippen LogP contribution in [-0.2, 0) is 0 Å². The minimum absolute atomic E-state index is 0.0977. The molecule has 3 rings (SSSR count). The molecule has 0 aromatic heterocycles. The molecule has 0 bridgehead atoms. The normalized spacial score (nSPS) is 14.6. The van der Waals surface area contributed by atoms with Crippen LogP contribution in [0.1, 0.15) is 29.9 Å². The zero-order chi connectivity index (χ0) is 13.9. The largest absolute Gasteiger partial charge is 0.269 e. The molecular weight excluding hydrogens is 252 g/mol. The first-order valence-corrected chi connectivity index (χ1v) is 6.61. The molecule has 1 aliphatic carbocycles. The van der Waals surface area contributed by atoms with Crippen molar-refractivity contribution in [1.29, 1.82) is 0 Å². The highest BCUT2D eigenvalue weighted by Crippen LogP contribution is 2.44. The number of nitrogens with zero attached hydrogens (tertiary/aromatic N) is 2. The van der Waals surface area contributed by atoms with E-state index in [1.165, 1.54) is 30.5 Å². The molecule has 1 aliphatic rings. The molecule has 0 N–H and O–H groups in total. The van der Waals surface area contributed by atoms with Gasteiger partial charge in [0.15, 0.2) is 0 Å². The molecule has 4 heteroatoms. The van der Waals surface area contributed by atoms with Crippen molar-refractivity contribution in [3.05, 3.63) is 69.8 Å². The smallest absolute Gasteiger partial charge is 0.258 e. The quantitative estimate of drug-likeness (QED) is 0.472. The van der Waals surface area contributed by atoms with Gasteiger partial charge in [0.05, 0.1) is 10.6 Å². The van der Waals surface area contributed by atoms with Gasteiger partial charge in [-0.3, -0.25) is 15.1 Å². The number of benzene rings is 2.